The number of nitrogens with zero attached hydrogens (tertiary/aromatic N) is 1. The van der Waals surface area contributed by atoms with E-state index in [-0.39, 0.29) is 18.3 Å². The van der Waals surface area contributed by atoms with Crippen LogP contribution >= 0.6 is 0 Å². The van der Waals surface area contributed by atoms with Crippen molar-refractivity contribution in [1.29, 1.82) is 0 Å². The Morgan fingerprint density at radius 1 is 1.14 bits per heavy atom. The maximum Gasteiger partial charge on any atom is 0.487 e. The Labute approximate surface area is 127 Å². The fourth-order valence-electron chi connectivity index (χ4n) is 2.02. The summed E-state index contributed by atoms with van der Waals surface area (Å²) in [5, 5.41) is 9.88. The minimum Gasteiger partial charge on any atom is -0.400 e. The highest BCUT2D eigenvalue weighted by Crippen LogP contribution is 2.37. The SMILES string of the molecule is CC(C)(O)c1ccc(/C=C/B2OC(C)(C)C(C)(C)O2)cn1. The van der Waals surface area contributed by atoms with Gasteiger partial charge < -0.3 is 14.4 Å². The standard InChI is InChI=1S/C16H24BNO3/c1-14(2,19)13-8-7-12(11-18-13)9-10-17-20-15(3,4)16(5,6)21-17/h7-11,19H,1-6H3/b10-9+. The number of hydrogen-bond donors (Lipinski definition) is 1. The lowest BCUT2D eigenvalue weighted by atomic mass is 9.89. The van der Waals surface area contributed by atoms with E-state index < -0.39 is 5.60 Å². The molecule has 1 saturated heterocycles. The van der Waals surface area contributed by atoms with E-state index in [0.29, 0.717) is 5.69 Å². The molecule has 1 N–H and O–H groups in total. The highest BCUT2D eigenvalue weighted by molar-refractivity contribution is 6.52. The Kier molecular flexibility index (Phi) is 4.04. The molecular weight excluding hydrogens is 265 g/mol. The number of hydrogen-bond acceptors (Lipinski definition) is 4. The molecule has 1 aliphatic heterocycles. The van der Waals surface area contributed by atoms with Crippen LogP contribution < -0.4 is 0 Å². The molecule has 0 radical (unpaired) electrons. The van der Waals surface area contributed by atoms with E-state index >= 15 is 0 Å². The van der Waals surface area contributed by atoms with Crippen LogP contribution in [0.25, 0.3) is 6.08 Å². The van der Waals surface area contributed by atoms with Gasteiger partial charge in [0.05, 0.1) is 16.9 Å². The van der Waals surface area contributed by atoms with Crippen molar-refractivity contribution in [2.45, 2.75) is 58.3 Å². The summed E-state index contributed by atoms with van der Waals surface area (Å²) in [6, 6.07) is 3.74. The van der Waals surface area contributed by atoms with Crippen molar-refractivity contribution < 1.29 is 14.4 Å². The van der Waals surface area contributed by atoms with Gasteiger partial charge in [0.1, 0.15) is 5.60 Å². The Bertz CT molecular complexity index is 513. The van der Waals surface area contributed by atoms with Crippen LogP contribution in [0.4, 0.5) is 0 Å². The molecule has 4 nitrogen and oxygen atoms in total. The van der Waals surface area contributed by atoms with E-state index in [4.69, 9.17) is 9.31 Å². The van der Waals surface area contributed by atoms with Gasteiger partial charge in [0, 0.05) is 6.20 Å². The van der Waals surface area contributed by atoms with Crippen molar-refractivity contribution in [3.63, 3.8) is 0 Å². The molecule has 21 heavy (non-hydrogen) atoms. The van der Waals surface area contributed by atoms with E-state index in [2.05, 4.69) is 4.98 Å². The molecule has 0 spiro atoms. The fraction of sp³-hybridized carbons (Fsp3) is 0.562. The first-order valence-corrected chi connectivity index (χ1v) is 7.24. The van der Waals surface area contributed by atoms with Crippen molar-refractivity contribution in [2.75, 3.05) is 0 Å². The lowest BCUT2D eigenvalue weighted by Crippen LogP contribution is -2.41. The van der Waals surface area contributed by atoms with E-state index in [0.717, 1.165) is 5.56 Å². The number of pyridine rings is 1. The highest BCUT2D eigenvalue weighted by atomic mass is 16.7. The lowest BCUT2D eigenvalue weighted by Gasteiger charge is -2.32. The minimum absolute atomic E-state index is 0.328. The zero-order chi connectivity index (χ0) is 15.9. The zero-order valence-corrected chi connectivity index (χ0v) is 13.7. The predicted molar refractivity (Wildman–Crippen MR) is 84.6 cm³/mol. The number of aromatic nitrogens is 1. The van der Waals surface area contributed by atoms with E-state index in [1.807, 2.05) is 51.9 Å². The minimum atomic E-state index is -0.923. The van der Waals surface area contributed by atoms with Crippen LogP contribution in [-0.4, -0.2) is 28.4 Å². The summed E-state index contributed by atoms with van der Waals surface area (Å²) >= 11 is 0. The molecule has 1 aliphatic rings. The second-order valence-corrected chi connectivity index (χ2v) is 7.02. The summed E-state index contributed by atoms with van der Waals surface area (Å²) in [5.41, 5.74) is 0.0114. The Morgan fingerprint density at radius 2 is 1.71 bits per heavy atom. The summed E-state index contributed by atoms with van der Waals surface area (Å²) in [6.45, 7) is 11.5. The van der Waals surface area contributed by atoms with Crippen LogP contribution in [0.5, 0.6) is 0 Å². The molecule has 5 heteroatoms. The van der Waals surface area contributed by atoms with Crippen molar-refractivity contribution in [2.24, 2.45) is 0 Å². The molecule has 0 atom stereocenters. The fourth-order valence-corrected chi connectivity index (χ4v) is 2.02. The Morgan fingerprint density at radius 3 is 2.14 bits per heavy atom. The molecule has 1 aromatic rings. The van der Waals surface area contributed by atoms with Crippen LogP contribution in [0, 0.1) is 0 Å². The maximum absolute atomic E-state index is 9.88. The first kappa shape index (κ1) is 16.2. The smallest absolute Gasteiger partial charge is 0.400 e. The summed E-state index contributed by atoms with van der Waals surface area (Å²) in [6.07, 6.45) is 3.65. The van der Waals surface area contributed by atoms with Crippen molar-refractivity contribution in [3.05, 3.63) is 35.6 Å². The third-order valence-electron chi connectivity index (χ3n) is 4.13. The molecule has 0 bridgehead atoms. The molecule has 2 heterocycles. The van der Waals surface area contributed by atoms with Crippen molar-refractivity contribution >= 4 is 13.2 Å². The molecule has 1 aromatic heterocycles. The summed E-state index contributed by atoms with van der Waals surface area (Å²) in [5.74, 6) is 1.89. The Balaban J connectivity index is 2.06. The van der Waals surface area contributed by atoms with Gasteiger partial charge in [0.15, 0.2) is 0 Å². The quantitative estimate of drug-likeness (QED) is 0.869. The first-order valence-electron chi connectivity index (χ1n) is 7.24. The lowest BCUT2D eigenvalue weighted by molar-refractivity contribution is 0.00578. The van der Waals surface area contributed by atoms with Gasteiger partial charge in [-0.05, 0) is 53.2 Å². The van der Waals surface area contributed by atoms with E-state index in [9.17, 15) is 5.11 Å². The molecule has 0 saturated carbocycles. The number of rotatable bonds is 3. The van der Waals surface area contributed by atoms with Gasteiger partial charge >= 0.3 is 7.12 Å². The number of aliphatic hydroxyl groups is 1. The first-order chi connectivity index (χ1) is 9.51. The van der Waals surface area contributed by atoms with E-state index in [1.165, 1.54) is 0 Å². The van der Waals surface area contributed by atoms with Gasteiger partial charge in [0.25, 0.3) is 0 Å². The molecule has 0 aliphatic carbocycles. The van der Waals surface area contributed by atoms with Gasteiger partial charge in [-0.1, -0.05) is 18.1 Å². The molecule has 0 amide bonds. The summed E-state index contributed by atoms with van der Waals surface area (Å²) in [7, 11) is -0.357. The third kappa shape index (κ3) is 3.54. The van der Waals surface area contributed by atoms with Crippen LogP contribution in [0.2, 0.25) is 0 Å². The van der Waals surface area contributed by atoms with Crippen molar-refractivity contribution in [3.8, 4) is 0 Å². The maximum atomic E-state index is 9.88. The van der Waals surface area contributed by atoms with Crippen LogP contribution in [0.3, 0.4) is 0 Å². The molecule has 0 unspecified atom stereocenters. The second-order valence-electron chi connectivity index (χ2n) is 7.02. The van der Waals surface area contributed by atoms with Gasteiger partial charge in [-0.2, -0.15) is 0 Å². The highest BCUT2D eigenvalue weighted by Gasteiger charge is 2.49. The molecule has 1 fully saturated rings. The normalized spacial score (nSPS) is 21.2. The predicted octanol–water partition coefficient (Wildman–Crippen LogP) is 2.95. The van der Waals surface area contributed by atoms with Gasteiger partial charge in [0.2, 0.25) is 0 Å². The average molecular weight is 289 g/mol. The van der Waals surface area contributed by atoms with Crippen molar-refractivity contribution in [1.82, 2.24) is 4.98 Å². The molecule has 114 valence electrons. The van der Waals surface area contributed by atoms with Gasteiger partial charge in [-0.15, -0.1) is 0 Å². The van der Waals surface area contributed by atoms with Crippen LogP contribution in [-0.2, 0) is 14.9 Å². The molecule has 0 aromatic carbocycles. The molecular formula is C16H24BNO3. The van der Waals surface area contributed by atoms with E-state index in [1.54, 1.807) is 20.0 Å². The Hall–Kier alpha value is -1.17. The summed E-state index contributed by atoms with van der Waals surface area (Å²) in [4.78, 5) is 4.27. The van der Waals surface area contributed by atoms with Gasteiger partial charge in [-0.25, -0.2) is 0 Å². The van der Waals surface area contributed by atoms with Crippen LogP contribution in [0.15, 0.2) is 24.3 Å². The molecule has 2 rings (SSSR count). The second kappa shape index (κ2) is 5.23. The van der Waals surface area contributed by atoms with Gasteiger partial charge in [-0.3, -0.25) is 4.98 Å². The monoisotopic (exact) mass is 289 g/mol. The third-order valence-corrected chi connectivity index (χ3v) is 4.13. The summed E-state index contributed by atoms with van der Waals surface area (Å²) < 4.78 is 11.8. The van der Waals surface area contributed by atoms with Crippen LogP contribution in [0.1, 0.15) is 52.8 Å². The zero-order valence-electron chi connectivity index (χ0n) is 13.7. The largest absolute Gasteiger partial charge is 0.487 e. The average Bonchev–Trinajstić information content (AvgIpc) is 2.55. The topological polar surface area (TPSA) is 51.6 Å².